The van der Waals surface area contributed by atoms with Gasteiger partial charge in [-0.15, -0.1) is 0 Å². The maximum absolute atomic E-state index is 12.1. The van der Waals surface area contributed by atoms with Gasteiger partial charge < -0.3 is 24.3 Å². The van der Waals surface area contributed by atoms with Crippen LogP contribution in [-0.4, -0.2) is 40.9 Å². The summed E-state index contributed by atoms with van der Waals surface area (Å²) in [6, 6.07) is 11.2. The van der Waals surface area contributed by atoms with Crippen molar-refractivity contribution in [2.45, 2.75) is 6.42 Å². The van der Waals surface area contributed by atoms with E-state index in [1.165, 1.54) is 6.08 Å². The highest BCUT2D eigenvalue weighted by atomic mass is 16.5. The fraction of sp³-hybridized carbons (Fsp3) is 0.286. The van der Waals surface area contributed by atoms with E-state index in [0.717, 1.165) is 11.1 Å². The highest BCUT2D eigenvalue weighted by Gasteiger charge is 2.08. The minimum atomic E-state index is -0.180. The number of ether oxygens (including phenoxy) is 4. The van der Waals surface area contributed by atoms with Crippen molar-refractivity contribution in [1.29, 1.82) is 0 Å². The van der Waals surface area contributed by atoms with Gasteiger partial charge in [-0.3, -0.25) is 4.79 Å². The van der Waals surface area contributed by atoms with Crippen LogP contribution in [0.2, 0.25) is 0 Å². The molecule has 0 fully saturated rings. The van der Waals surface area contributed by atoms with Gasteiger partial charge in [0.1, 0.15) is 0 Å². The van der Waals surface area contributed by atoms with E-state index >= 15 is 0 Å². The van der Waals surface area contributed by atoms with Gasteiger partial charge in [0.15, 0.2) is 23.0 Å². The number of amides is 1. The topological polar surface area (TPSA) is 66.0 Å². The molecular weight excluding hydrogens is 346 g/mol. The maximum atomic E-state index is 12.1. The lowest BCUT2D eigenvalue weighted by atomic mass is 10.1. The van der Waals surface area contributed by atoms with Crippen molar-refractivity contribution in [1.82, 2.24) is 5.32 Å². The fourth-order valence-corrected chi connectivity index (χ4v) is 2.63. The molecule has 0 aromatic heterocycles. The number of para-hydroxylation sites is 1. The SMILES string of the molecule is COc1ccc(CCNC(=O)/C=C/c2cccc(OC)c2OC)cc1OC. The molecule has 0 heterocycles. The number of carbonyl (C=O) groups excluding carboxylic acids is 1. The third-order valence-corrected chi connectivity index (χ3v) is 4.01. The first-order valence-electron chi connectivity index (χ1n) is 8.50. The number of hydrogen-bond donors (Lipinski definition) is 1. The third kappa shape index (κ3) is 5.41. The van der Waals surface area contributed by atoms with Crippen molar-refractivity contribution in [2.24, 2.45) is 0 Å². The molecule has 2 aromatic carbocycles. The lowest BCUT2D eigenvalue weighted by Crippen LogP contribution is -2.23. The predicted octanol–water partition coefficient (Wildman–Crippen LogP) is 3.09. The largest absolute Gasteiger partial charge is 0.493 e. The van der Waals surface area contributed by atoms with E-state index < -0.39 is 0 Å². The molecule has 0 unspecified atom stereocenters. The van der Waals surface area contributed by atoms with Crippen molar-refractivity contribution in [3.05, 3.63) is 53.6 Å². The van der Waals surface area contributed by atoms with E-state index in [1.54, 1.807) is 40.6 Å². The second-order valence-corrected chi connectivity index (χ2v) is 5.65. The number of hydrogen-bond acceptors (Lipinski definition) is 5. The Labute approximate surface area is 159 Å². The highest BCUT2D eigenvalue weighted by Crippen LogP contribution is 2.31. The normalized spacial score (nSPS) is 10.5. The van der Waals surface area contributed by atoms with Crippen LogP contribution in [0.3, 0.4) is 0 Å². The molecule has 1 N–H and O–H groups in total. The Bertz CT molecular complexity index is 801. The molecule has 0 bridgehead atoms. The fourth-order valence-electron chi connectivity index (χ4n) is 2.63. The summed E-state index contributed by atoms with van der Waals surface area (Å²) in [5.74, 6) is 2.38. The lowest BCUT2D eigenvalue weighted by Gasteiger charge is -2.10. The van der Waals surface area contributed by atoms with Gasteiger partial charge in [0, 0.05) is 18.2 Å². The van der Waals surface area contributed by atoms with E-state index in [4.69, 9.17) is 18.9 Å². The summed E-state index contributed by atoms with van der Waals surface area (Å²) in [5.41, 5.74) is 1.82. The van der Waals surface area contributed by atoms with Crippen LogP contribution in [0.15, 0.2) is 42.5 Å². The molecule has 2 aromatic rings. The number of nitrogens with one attached hydrogen (secondary N) is 1. The first-order chi connectivity index (χ1) is 13.1. The first kappa shape index (κ1) is 20.2. The Morgan fingerprint density at radius 2 is 1.67 bits per heavy atom. The van der Waals surface area contributed by atoms with Gasteiger partial charge in [0.2, 0.25) is 5.91 Å². The van der Waals surface area contributed by atoms with Crippen molar-refractivity contribution in [3.63, 3.8) is 0 Å². The zero-order chi connectivity index (χ0) is 19.6. The smallest absolute Gasteiger partial charge is 0.244 e. The standard InChI is InChI=1S/C21H25NO5/c1-24-17-10-8-15(14-19(17)26-3)12-13-22-20(23)11-9-16-6-5-7-18(25-2)21(16)27-4/h5-11,14H,12-13H2,1-4H3,(H,22,23)/b11-9+. The van der Waals surface area contributed by atoms with Gasteiger partial charge in [-0.2, -0.15) is 0 Å². The molecule has 0 spiro atoms. The summed E-state index contributed by atoms with van der Waals surface area (Å²) in [6.07, 6.45) is 3.86. The van der Waals surface area contributed by atoms with Crippen LogP contribution >= 0.6 is 0 Å². The zero-order valence-corrected chi connectivity index (χ0v) is 16.1. The minimum absolute atomic E-state index is 0.180. The van der Waals surface area contributed by atoms with E-state index in [2.05, 4.69) is 5.32 Å². The summed E-state index contributed by atoms with van der Waals surface area (Å²) in [4.78, 5) is 12.1. The number of methoxy groups -OCH3 is 4. The Hall–Kier alpha value is -3.15. The highest BCUT2D eigenvalue weighted by molar-refractivity contribution is 5.92. The molecule has 144 valence electrons. The molecule has 27 heavy (non-hydrogen) atoms. The number of benzene rings is 2. The van der Waals surface area contributed by atoms with Crippen LogP contribution in [0, 0.1) is 0 Å². The summed E-state index contributed by atoms with van der Waals surface area (Å²) < 4.78 is 21.1. The number of rotatable bonds is 9. The second kappa shape index (κ2) is 10.1. The molecule has 0 saturated heterocycles. The Balaban J connectivity index is 1.92. The van der Waals surface area contributed by atoms with Gasteiger partial charge in [-0.25, -0.2) is 0 Å². The number of carbonyl (C=O) groups is 1. The van der Waals surface area contributed by atoms with E-state index in [0.29, 0.717) is 36.0 Å². The van der Waals surface area contributed by atoms with Gasteiger partial charge in [-0.05, 0) is 36.3 Å². The van der Waals surface area contributed by atoms with E-state index in [1.807, 2.05) is 30.3 Å². The molecule has 0 aliphatic heterocycles. The van der Waals surface area contributed by atoms with Crippen molar-refractivity contribution in [3.8, 4) is 23.0 Å². The second-order valence-electron chi connectivity index (χ2n) is 5.65. The predicted molar refractivity (Wildman–Crippen MR) is 105 cm³/mol. The monoisotopic (exact) mass is 371 g/mol. The van der Waals surface area contributed by atoms with Crippen molar-refractivity contribution >= 4 is 12.0 Å². The molecule has 6 heteroatoms. The van der Waals surface area contributed by atoms with Crippen molar-refractivity contribution in [2.75, 3.05) is 35.0 Å². The van der Waals surface area contributed by atoms with Crippen LogP contribution in [-0.2, 0) is 11.2 Å². The van der Waals surface area contributed by atoms with Crippen LogP contribution in [0.5, 0.6) is 23.0 Å². The summed E-state index contributed by atoms with van der Waals surface area (Å²) in [6.45, 7) is 0.508. The molecule has 0 aliphatic carbocycles. The molecule has 2 rings (SSSR count). The average Bonchev–Trinajstić information content (AvgIpc) is 2.71. The Kier molecular flexibility index (Phi) is 7.55. The Morgan fingerprint density at radius 1 is 0.926 bits per heavy atom. The van der Waals surface area contributed by atoms with Gasteiger partial charge in [0.25, 0.3) is 0 Å². The zero-order valence-electron chi connectivity index (χ0n) is 16.1. The summed E-state index contributed by atoms with van der Waals surface area (Å²) >= 11 is 0. The van der Waals surface area contributed by atoms with Gasteiger partial charge in [0.05, 0.1) is 28.4 Å². The van der Waals surface area contributed by atoms with Crippen LogP contribution < -0.4 is 24.3 Å². The van der Waals surface area contributed by atoms with Crippen LogP contribution in [0.4, 0.5) is 0 Å². The molecule has 0 aliphatic rings. The molecule has 0 atom stereocenters. The Morgan fingerprint density at radius 3 is 2.33 bits per heavy atom. The first-order valence-corrected chi connectivity index (χ1v) is 8.50. The minimum Gasteiger partial charge on any atom is -0.493 e. The average molecular weight is 371 g/mol. The molecule has 0 saturated carbocycles. The molecule has 6 nitrogen and oxygen atoms in total. The van der Waals surface area contributed by atoms with Crippen LogP contribution in [0.25, 0.3) is 6.08 Å². The summed E-state index contributed by atoms with van der Waals surface area (Å²) in [5, 5.41) is 2.86. The third-order valence-electron chi connectivity index (χ3n) is 4.01. The van der Waals surface area contributed by atoms with E-state index in [9.17, 15) is 4.79 Å². The molecule has 1 amide bonds. The lowest BCUT2D eigenvalue weighted by molar-refractivity contribution is -0.116. The van der Waals surface area contributed by atoms with Crippen molar-refractivity contribution < 1.29 is 23.7 Å². The van der Waals surface area contributed by atoms with Gasteiger partial charge in [-0.1, -0.05) is 18.2 Å². The quantitative estimate of drug-likeness (QED) is 0.686. The van der Waals surface area contributed by atoms with Gasteiger partial charge >= 0.3 is 0 Å². The van der Waals surface area contributed by atoms with E-state index in [-0.39, 0.29) is 5.91 Å². The summed E-state index contributed by atoms with van der Waals surface area (Å²) in [7, 11) is 6.34. The van der Waals surface area contributed by atoms with Crippen LogP contribution in [0.1, 0.15) is 11.1 Å². The molecule has 0 radical (unpaired) electrons. The molecular formula is C21H25NO5. The maximum Gasteiger partial charge on any atom is 0.244 e.